The predicted molar refractivity (Wildman–Crippen MR) is 114 cm³/mol. The maximum atomic E-state index is 14.5. The first-order valence-electron chi connectivity index (χ1n) is 9.89. The fourth-order valence-electron chi connectivity index (χ4n) is 3.72. The molecule has 4 heterocycles. The average Bonchev–Trinajstić information content (AvgIpc) is 3.45. The second kappa shape index (κ2) is 7.44. The van der Waals surface area contributed by atoms with Gasteiger partial charge in [0, 0.05) is 5.39 Å². The molecule has 0 aliphatic rings. The van der Waals surface area contributed by atoms with Gasteiger partial charge in [0.1, 0.15) is 17.0 Å². The second-order valence-electron chi connectivity index (χ2n) is 7.55. The summed E-state index contributed by atoms with van der Waals surface area (Å²) in [6.07, 6.45) is -3.39. The van der Waals surface area contributed by atoms with Gasteiger partial charge in [-0.3, -0.25) is 4.40 Å². The number of aryl methyl sites for hydroxylation is 1. The number of halogens is 5. The Balaban J connectivity index is 1.92. The first kappa shape index (κ1) is 21.7. The van der Waals surface area contributed by atoms with E-state index in [1.54, 1.807) is 36.4 Å². The van der Waals surface area contributed by atoms with Gasteiger partial charge in [-0.15, -0.1) is 10.2 Å². The number of alkyl halides is 5. The van der Waals surface area contributed by atoms with E-state index in [2.05, 4.69) is 26.7 Å². The van der Waals surface area contributed by atoms with Crippen molar-refractivity contribution in [3.05, 3.63) is 72.4 Å². The predicted octanol–water partition coefficient (Wildman–Crippen LogP) is 6.21. The highest BCUT2D eigenvalue weighted by Crippen LogP contribution is 2.45. The van der Waals surface area contributed by atoms with Crippen molar-refractivity contribution in [1.82, 2.24) is 24.6 Å². The van der Waals surface area contributed by atoms with Crippen molar-refractivity contribution >= 4 is 22.8 Å². The van der Waals surface area contributed by atoms with Crippen LogP contribution in [0.4, 0.5) is 22.0 Å². The Labute approximate surface area is 188 Å². The molecule has 0 amide bonds. The number of benzene rings is 1. The van der Waals surface area contributed by atoms with Crippen LogP contribution in [-0.4, -0.2) is 30.7 Å². The normalized spacial score (nSPS) is 12.5. The third kappa shape index (κ3) is 3.23. The van der Waals surface area contributed by atoms with E-state index in [4.69, 9.17) is 4.42 Å². The summed E-state index contributed by atoms with van der Waals surface area (Å²) >= 11 is 0. The summed E-state index contributed by atoms with van der Waals surface area (Å²) in [7, 11) is 0. The molecule has 172 valence electrons. The molecule has 0 unspecified atom stereocenters. The van der Waals surface area contributed by atoms with E-state index in [0.29, 0.717) is 10.9 Å². The fourth-order valence-corrected chi connectivity index (χ4v) is 3.72. The van der Waals surface area contributed by atoms with Crippen molar-refractivity contribution in [2.75, 3.05) is 0 Å². The molecule has 0 bridgehead atoms. The van der Waals surface area contributed by atoms with Crippen LogP contribution >= 0.6 is 0 Å². The van der Waals surface area contributed by atoms with Crippen LogP contribution in [-0.2, 0) is 5.92 Å². The zero-order valence-electron chi connectivity index (χ0n) is 17.4. The van der Waals surface area contributed by atoms with Crippen LogP contribution in [0.3, 0.4) is 0 Å². The summed E-state index contributed by atoms with van der Waals surface area (Å²) in [5, 5.41) is 7.75. The summed E-state index contributed by atoms with van der Waals surface area (Å²) in [6, 6.07) is 10.7. The number of nitrogens with zero attached hydrogens (tertiary/aromatic N) is 5. The molecule has 0 radical (unpaired) electrons. The van der Waals surface area contributed by atoms with Crippen molar-refractivity contribution in [2.24, 2.45) is 0 Å². The molecule has 5 aromatic rings. The number of hydrogen-bond acceptors (Lipinski definition) is 5. The third-order valence-corrected chi connectivity index (χ3v) is 5.38. The molecule has 6 nitrogen and oxygen atoms in total. The van der Waals surface area contributed by atoms with E-state index in [1.165, 1.54) is 10.5 Å². The molecule has 0 saturated carbocycles. The first-order chi connectivity index (χ1) is 16.1. The van der Waals surface area contributed by atoms with Gasteiger partial charge in [-0.05, 0) is 42.3 Å². The number of rotatable bonds is 4. The molecule has 11 heteroatoms. The number of pyridine rings is 2. The Morgan fingerprint density at radius 3 is 2.35 bits per heavy atom. The maximum absolute atomic E-state index is 14.5. The van der Waals surface area contributed by atoms with Crippen LogP contribution in [0.2, 0.25) is 0 Å². The van der Waals surface area contributed by atoms with Gasteiger partial charge in [-0.2, -0.15) is 22.0 Å². The van der Waals surface area contributed by atoms with E-state index in [-0.39, 0.29) is 34.1 Å². The van der Waals surface area contributed by atoms with Gasteiger partial charge < -0.3 is 4.42 Å². The van der Waals surface area contributed by atoms with Gasteiger partial charge in [-0.25, -0.2) is 9.97 Å². The standard InChI is InChI=1S/C23H14F5N5O/c1-3-16-19(21-32-29-11-34-21)31-18-9-8-14-15(13-6-4-12(2)5-7-13)10-17(30-20(14)33(16)18)22(24,25)23(26,27)28/h3-11H,1H2,2H3. The van der Waals surface area contributed by atoms with Crippen LogP contribution < -0.4 is 0 Å². The lowest BCUT2D eigenvalue weighted by molar-refractivity contribution is -0.290. The molecule has 0 aliphatic heterocycles. The highest BCUT2D eigenvalue weighted by atomic mass is 19.4. The molecule has 34 heavy (non-hydrogen) atoms. The minimum Gasteiger partial charge on any atom is -0.422 e. The molecule has 0 spiro atoms. The monoisotopic (exact) mass is 471 g/mol. The van der Waals surface area contributed by atoms with Crippen molar-refractivity contribution in [3.63, 3.8) is 0 Å². The molecule has 0 fully saturated rings. The number of fused-ring (bicyclic) bond motifs is 3. The molecular weight excluding hydrogens is 457 g/mol. The van der Waals surface area contributed by atoms with E-state index in [0.717, 1.165) is 18.0 Å². The lowest BCUT2D eigenvalue weighted by atomic mass is 9.99. The van der Waals surface area contributed by atoms with Gasteiger partial charge in [0.25, 0.3) is 5.89 Å². The van der Waals surface area contributed by atoms with Crippen LogP contribution in [0.15, 0.2) is 59.9 Å². The minimum atomic E-state index is -5.84. The number of hydrogen-bond donors (Lipinski definition) is 0. The van der Waals surface area contributed by atoms with Crippen molar-refractivity contribution in [2.45, 2.75) is 19.0 Å². The lowest BCUT2D eigenvalue weighted by Gasteiger charge is -2.21. The topological polar surface area (TPSA) is 69.1 Å². The second-order valence-corrected chi connectivity index (χ2v) is 7.55. The van der Waals surface area contributed by atoms with Gasteiger partial charge in [0.2, 0.25) is 6.39 Å². The minimum absolute atomic E-state index is 0.0299. The highest BCUT2D eigenvalue weighted by molar-refractivity contribution is 5.95. The Hall–Kier alpha value is -4.15. The van der Waals surface area contributed by atoms with Crippen molar-refractivity contribution in [3.8, 4) is 22.7 Å². The lowest BCUT2D eigenvalue weighted by Crippen LogP contribution is -2.34. The summed E-state index contributed by atoms with van der Waals surface area (Å²) in [4.78, 5) is 8.16. The number of imidazole rings is 1. The van der Waals surface area contributed by atoms with Gasteiger partial charge in [0.15, 0.2) is 5.69 Å². The Morgan fingerprint density at radius 2 is 1.74 bits per heavy atom. The summed E-state index contributed by atoms with van der Waals surface area (Å²) in [5.74, 6) is -5.16. The zero-order chi connectivity index (χ0) is 24.3. The van der Waals surface area contributed by atoms with E-state index in [1.807, 2.05) is 6.92 Å². The van der Waals surface area contributed by atoms with E-state index in [9.17, 15) is 22.0 Å². The largest absolute Gasteiger partial charge is 0.459 e. The smallest absolute Gasteiger partial charge is 0.422 e. The molecule has 0 N–H and O–H groups in total. The Bertz CT molecular complexity index is 1540. The molecule has 0 saturated heterocycles. The van der Waals surface area contributed by atoms with Gasteiger partial charge in [0.05, 0.1) is 5.69 Å². The third-order valence-electron chi connectivity index (χ3n) is 5.38. The summed E-state index contributed by atoms with van der Waals surface area (Å²) < 4.78 is 75.4. The van der Waals surface area contributed by atoms with Crippen LogP contribution in [0.5, 0.6) is 0 Å². The Morgan fingerprint density at radius 1 is 1.00 bits per heavy atom. The van der Waals surface area contributed by atoms with Gasteiger partial charge >= 0.3 is 12.1 Å². The SMILES string of the molecule is C=Cc1c(-c2nnco2)nc2ccc3c(-c4ccc(C)cc4)cc(C(F)(F)C(F)(F)F)nc3n12. The molecule has 5 rings (SSSR count). The molecule has 0 atom stereocenters. The molecule has 0 aliphatic carbocycles. The number of aromatic nitrogens is 5. The molecule has 4 aromatic heterocycles. The van der Waals surface area contributed by atoms with Crippen molar-refractivity contribution in [1.29, 1.82) is 0 Å². The van der Waals surface area contributed by atoms with E-state index >= 15 is 0 Å². The maximum Gasteiger partial charge on any atom is 0.459 e. The van der Waals surface area contributed by atoms with Crippen LogP contribution in [0, 0.1) is 6.92 Å². The van der Waals surface area contributed by atoms with Crippen LogP contribution in [0.25, 0.3) is 45.5 Å². The quantitative estimate of drug-likeness (QED) is 0.292. The average molecular weight is 471 g/mol. The molecule has 1 aromatic carbocycles. The fraction of sp³-hybridized carbons (Fsp3) is 0.130. The molecular formula is C23H14F5N5O. The summed E-state index contributed by atoms with van der Waals surface area (Å²) in [6.45, 7) is 5.56. The highest BCUT2D eigenvalue weighted by Gasteiger charge is 2.60. The zero-order valence-corrected chi connectivity index (χ0v) is 17.4. The van der Waals surface area contributed by atoms with Gasteiger partial charge in [-0.1, -0.05) is 36.4 Å². The van der Waals surface area contributed by atoms with Crippen LogP contribution in [0.1, 0.15) is 17.0 Å². The first-order valence-corrected chi connectivity index (χ1v) is 9.89. The Kier molecular flexibility index (Phi) is 4.74. The summed E-state index contributed by atoms with van der Waals surface area (Å²) in [5.41, 5.74) is 0.596. The van der Waals surface area contributed by atoms with E-state index < -0.39 is 17.8 Å². The van der Waals surface area contributed by atoms with Crippen molar-refractivity contribution < 1.29 is 26.4 Å².